The van der Waals surface area contributed by atoms with Crippen molar-refractivity contribution in [2.75, 3.05) is 6.61 Å². The summed E-state index contributed by atoms with van der Waals surface area (Å²) >= 11 is 0. The molecular weight excluding hydrogens is 406 g/mol. The van der Waals surface area contributed by atoms with Gasteiger partial charge < -0.3 is 14.0 Å². The summed E-state index contributed by atoms with van der Waals surface area (Å²) in [4.78, 5) is 24.5. The van der Waals surface area contributed by atoms with Crippen LogP contribution in [0.15, 0.2) is 53.1 Å². The predicted octanol–water partition coefficient (Wildman–Crippen LogP) is 5.14. The van der Waals surface area contributed by atoms with Crippen LogP contribution in [-0.2, 0) is 28.0 Å². The monoisotopic (exact) mass is 435 g/mol. The van der Waals surface area contributed by atoms with Gasteiger partial charge in [0.05, 0.1) is 17.7 Å². The maximum atomic E-state index is 12.3. The van der Waals surface area contributed by atoms with Gasteiger partial charge in [-0.3, -0.25) is 9.59 Å². The van der Waals surface area contributed by atoms with E-state index in [9.17, 15) is 9.59 Å². The van der Waals surface area contributed by atoms with E-state index in [0.717, 1.165) is 28.1 Å². The van der Waals surface area contributed by atoms with E-state index in [1.165, 1.54) is 0 Å². The molecular formula is C26H29NO5. The average molecular weight is 436 g/mol. The lowest BCUT2D eigenvalue weighted by atomic mass is 9.86. The number of rotatable bonds is 8. The maximum absolute atomic E-state index is 12.3. The molecule has 32 heavy (non-hydrogen) atoms. The van der Waals surface area contributed by atoms with Crippen molar-refractivity contribution in [1.29, 1.82) is 0 Å². The Labute approximate surface area is 188 Å². The largest absolute Gasteiger partial charge is 0.489 e. The van der Waals surface area contributed by atoms with Crippen molar-refractivity contribution in [2.24, 2.45) is 0 Å². The minimum Gasteiger partial charge on any atom is -0.489 e. The Morgan fingerprint density at radius 1 is 0.969 bits per heavy atom. The summed E-state index contributed by atoms with van der Waals surface area (Å²) in [5.74, 6) is 0.744. The van der Waals surface area contributed by atoms with E-state index in [1.54, 1.807) is 36.4 Å². The van der Waals surface area contributed by atoms with E-state index in [2.05, 4.69) is 25.9 Å². The Morgan fingerprint density at radius 2 is 1.62 bits per heavy atom. The van der Waals surface area contributed by atoms with Gasteiger partial charge in [0.1, 0.15) is 18.1 Å². The number of benzene rings is 2. The molecule has 0 spiro atoms. The number of aromatic nitrogens is 1. The van der Waals surface area contributed by atoms with Crippen LogP contribution >= 0.6 is 0 Å². The molecule has 0 saturated carbocycles. The van der Waals surface area contributed by atoms with Gasteiger partial charge in [0.15, 0.2) is 12.4 Å². The topological polar surface area (TPSA) is 78.6 Å². The van der Waals surface area contributed by atoms with Crippen molar-refractivity contribution in [3.8, 4) is 5.75 Å². The Morgan fingerprint density at radius 3 is 2.19 bits per heavy atom. The summed E-state index contributed by atoms with van der Waals surface area (Å²) in [6.07, 6.45) is 0.0837. The summed E-state index contributed by atoms with van der Waals surface area (Å²) in [5.41, 5.74) is 4.21. The molecule has 0 N–H and O–H groups in total. The zero-order chi connectivity index (χ0) is 23.3. The van der Waals surface area contributed by atoms with E-state index >= 15 is 0 Å². The van der Waals surface area contributed by atoms with Gasteiger partial charge in [0.25, 0.3) is 0 Å². The van der Waals surface area contributed by atoms with E-state index in [0.29, 0.717) is 17.9 Å². The molecule has 0 amide bonds. The highest BCUT2D eigenvalue weighted by molar-refractivity contribution is 5.98. The van der Waals surface area contributed by atoms with Gasteiger partial charge in [-0.2, -0.15) is 0 Å². The molecule has 0 aliphatic carbocycles. The third-order valence-corrected chi connectivity index (χ3v) is 5.27. The van der Waals surface area contributed by atoms with Crippen LogP contribution < -0.4 is 4.74 Å². The average Bonchev–Trinajstić information content (AvgIpc) is 3.08. The Bertz CT molecular complexity index is 1050. The van der Waals surface area contributed by atoms with Crippen LogP contribution in [0.4, 0.5) is 0 Å². The smallest absolute Gasteiger partial charge is 0.310 e. The summed E-state index contributed by atoms with van der Waals surface area (Å²) in [7, 11) is 0. The van der Waals surface area contributed by atoms with E-state index in [4.69, 9.17) is 14.0 Å². The minimum absolute atomic E-state index is 0.0168. The molecule has 6 heteroatoms. The van der Waals surface area contributed by atoms with Crippen LogP contribution in [-0.4, -0.2) is 23.5 Å². The second-order valence-corrected chi connectivity index (χ2v) is 8.82. The molecule has 1 aromatic heterocycles. The fraction of sp³-hybridized carbons (Fsp3) is 0.346. The zero-order valence-corrected chi connectivity index (χ0v) is 19.2. The molecule has 6 nitrogen and oxygen atoms in total. The molecule has 1 heterocycles. The van der Waals surface area contributed by atoms with E-state index in [1.807, 2.05) is 26.0 Å². The van der Waals surface area contributed by atoms with Gasteiger partial charge in [-0.05, 0) is 42.5 Å². The third-order valence-electron chi connectivity index (χ3n) is 5.27. The number of ketones is 1. The highest BCUT2D eigenvalue weighted by atomic mass is 16.5. The molecule has 0 aliphatic rings. The Balaban J connectivity index is 1.47. The van der Waals surface area contributed by atoms with E-state index < -0.39 is 5.97 Å². The molecule has 0 unspecified atom stereocenters. The number of ether oxygens (including phenoxy) is 2. The van der Waals surface area contributed by atoms with Gasteiger partial charge in [-0.25, -0.2) is 0 Å². The second kappa shape index (κ2) is 9.81. The zero-order valence-electron chi connectivity index (χ0n) is 19.2. The molecule has 0 bridgehead atoms. The van der Waals surface area contributed by atoms with Crippen molar-refractivity contribution in [3.63, 3.8) is 0 Å². The van der Waals surface area contributed by atoms with Crippen LogP contribution in [0.1, 0.15) is 59.3 Å². The van der Waals surface area contributed by atoms with Crippen molar-refractivity contribution in [3.05, 3.63) is 82.2 Å². The lowest BCUT2D eigenvalue weighted by Crippen LogP contribution is -2.16. The normalized spacial score (nSPS) is 11.3. The van der Waals surface area contributed by atoms with Gasteiger partial charge >= 0.3 is 5.97 Å². The number of Topliss-reactive ketones (excluding diaryl/α,β-unsaturated/α-hetero) is 1. The van der Waals surface area contributed by atoms with Crippen molar-refractivity contribution in [1.82, 2.24) is 5.16 Å². The lowest BCUT2D eigenvalue weighted by molar-refractivity contribution is -0.141. The van der Waals surface area contributed by atoms with Crippen LogP contribution in [0.3, 0.4) is 0 Å². The molecule has 0 saturated heterocycles. The predicted molar refractivity (Wildman–Crippen MR) is 121 cm³/mol. The number of aryl methyl sites for hydroxylation is 2. The van der Waals surface area contributed by atoms with Crippen LogP contribution in [0.25, 0.3) is 0 Å². The van der Waals surface area contributed by atoms with Gasteiger partial charge in [-0.1, -0.05) is 62.3 Å². The molecule has 3 aromatic rings. The summed E-state index contributed by atoms with van der Waals surface area (Å²) in [6, 6.07) is 14.6. The first kappa shape index (κ1) is 23.3. The first-order valence-electron chi connectivity index (χ1n) is 10.6. The number of hydrogen-bond donors (Lipinski definition) is 0. The highest BCUT2D eigenvalue weighted by Gasteiger charge is 2.15. The quantitative estimate of drug-likeness (QED) is 0.360. The molecule has 0 fully saturated rings. The molecule has 2 aromatic carbocycles. The summed E-state index contributed by atoms with van der Waals surface area (Å²) < 4.78 is 16.1. The number of hydrogen-bond acceptors (Lipinski definition) is 6. The molecule has 0 atom stereocenters. The number of esters is 1. The van der Waals surface area contributed by atoms with Crippen LogP contribution in [0.2, 0.25) is 0 Å². The molecule has 0 radical (unpaired) electrons. The van der Waals surface area contributed by atoms with Gasteiger partial charge in [-0.15, -0.1) is 0 Å². The third kappa shape index (κ3) is 6.06. The second-order valence-electron chi connectivity index (χ2n) is 8.82. The first-order chi connectivity index (χ1) is 15.1. The summed E-state index contributed by atoms with van der Waals surface area (Å²) in [5, 5.41) is 3.91. The fourth-order valence-corrected chi connectivity index (χ4v) is 3.17. The molecule has 3 rings (SSSR count). The fourth-order valence-electron chi connectivity index (χ4n) is 3.17. The van der Waals surface area contributed by atoms with Gasteiger partial charge in [0.2, 0.25) is 0 Å². The van der Waals surface area contributed by atoms with Crippen LogP contribution in [0.5, 0.6) is 5.75 Å². The van der Waals surface area contributed by atoms with Gasteiger partial charge in [0, 0.05) is 5.56 Å². The SMILES string of the molecule is Cc1noc(C)c1COc1ccc(CC(=O)OCC(=O)c2ccc(C(C)(C)C)cc2)cc1. The molecule has 168 valence electrons. The number of carbonyl (C=O) groups excluding carboxylic acids is 2. The van der Waals surface area contributed by atoms with E-state index in [-0.39, 0.29) is 24.2 Å². The lowest BCUT2D eigenvalue weighted by Gasteiger charge is -2.18. The first-order valence-corrected chi connectivity index (χ1v) is 10.6. The number of nitrogens with zero attached hydrogens (tertiary/aromatic N) is 1. The Kier molecular flexibility index (Phi) is 7.13. The van der Waals surface area contributed by atoms with Crippen molar-refractivity contribution in [2.45, 2.75) is 53.1 Å². The standard InChI is InChI=1S/C26H29NO5/c1-17-23(18(2)32-27-17)15-30-22-12-6-19(7-13-22)14-25(29)31-16-24(28)20-8-10-21(11-9-20)26(3,4)5/h6-13H,14-16H2,1-5H3. The Hall–Kier alpha value is -3.41. The highest BCUT2D eigenvalue weighted by Crippen LogP contribution is 2.22. The minimum atomic E-state index is -0.450. The number of carbonyl (C=O) groups is 2. The maximum Gasteiger partial charge on any atom is 0.310 e. The summed E-state index contributed by atoms with van der Waals surface area (Å²) in [6.45, 7) is 10.2. The van der Waals surface area contributed by atoms with Crippen LogP contribution in [0, 0.1) is 13.8 Å². The van der Waals surface area contributed by atoms with Crippen molar-refractivity contribution >= 4 is 11.8 Å². The molecule has 0 aliphatic heterocycles. The van der Waals surface area contributed by atoms with Crippen molar-refractivity contribution < 1.29 is 23.6 Å².